The van der Waals surface area contributed by atoms with E-state index < -0.39 is 6.23 Å². The molecule has 1 aliphatic rings. The first kappa shape index (κ1) is 11.1. The normalized spacial score (nSPS) is 21.1. The number of amides is 1. The lowest BCUT2D eigenvalue weighted by Crippen LogP contribution is -2.40. The fourth-order valence-electron chi connectivity index (χ4n) is 2.10. The van der Waals surface area contributed by atoms with E-state index in [0.29, 0.717) is 17.5 Å². The van der Waals surface area contributed by atoms with Crippen molar-refractivity contribution >= 4 is 5.91 Å². The van der Waals surface area contributed by atoms with Gasteiger partial charge in [-0.25, -0.2) is 0 Å². The monoisotopic (exact) mass is 221 g/mol. The first-order valence-corrected chi connectivity index (χ1v) is 5.41. The third kappa shape index (κ3) is 1.50. The maximum atomic E-state index is 12.0. The van der Waals surface area contributed by atoms with Crippen molar-refractivity contribution in [3.05, 3.63) is 35.4 Å². The summed E-state index contributed by atoms with van der Waals surface area (Å²) in [5.74, 6) is -0.205. The number of hydrogen-bond donors (Lipinski definition) is 2. The Morgan fingerprint density at radius 2 is 2.12 bits per heavy atom. The molecule has 0 saturated carbocycles. The van der Waals surface area contributed by atoms with Gasteiger partial charge in [-0.15, -0.1) is 0 Å². The number of aliphatic hydroxyl groups excluding tert-OH is 2. The highest BCUT2D eigenvalue weighted by molar-refractivity contribution is 5.99. The molecule has 1 heterocycles. The van der Waals surface area contributed by atoms with Gasteiger partial charge in [0.05, 0.1) is 12.6 Å². The Morgan fingerprint density at radius 3 is 2.69 bits per heavy atom. The number of carbonyl (C=O) groups is 1. The molecular weight excluding hydrogens is 206 g/mol. The minimum Gasteiger partial charge on any atom is -0.394 e. The van der Waals surface area contributed by atoms with Crippen LogP contribution in [0, 0.1) is 0 Å². The lowest BCUT2D eigenvalue weighted by molar-refractivity contribution is -0.0162. The SMILES string of the molecule is CCC(CO)N1C(=O)c2ccccc2C1O. The standard InChI is InChI=1S/C12H15NO3/c1-2-8(7-14)13-11(15)9-5-3-4-6-10(9)12(13)16/h3-6,8,11,14-15H,2,7H2,1H3. The van der Waals surface area contributed by atoms with Gasteiger partial charge in [-0.05, 0) is 12.5 Å². The summed E-state index contributed by atoms with van der Waals surface area (Å²) in [6, 6.07) is 6.67. The van der Waals surface area contributed by atoms with Crippen LogP contribution in [0.1, 0.15) is 35.5 Å². The van der Waals surface area contributed by atoms with E-state index in [0.717, 1.165) is 0 Å². The highest BCUT2D eigenvalue weighted by atomic mass is 16.3. The minimum absolute atomic E-state index is 0.132. The zero-order valence-corrected chi connectivity index (χ0v) is 9.13. The molecule has 0 aromatic heterocycles. The molecule has 0 aliphatic carbocycles. The van der Waals surface area contributed by atoms with Crippen LogP contribution >= 0.6 is 0 Å². The summed E-state index contributed by atoms with van der Waals surface area (Å²) in [7, 11) is 0. The van der Waals surface area contributed by atoms with E-state index in [1.54, 1.807) is 24.3 Å². The molecule has 1 amide bonds. The summed E-state index contributed by atoms with van der Waals surface area (Å²) < 4.78 is 0. The van der Waals surface area contributed by atoms with Crippen LogP contribution in [-0.2, 0) is 0 Å². The van der Waals surface area contributed by atoms with E-state index in [2.05, 4.69) is 0 Å². The third-order valence-electron chi connectivity index (χ3n) is 3.04. The Hall–Kier alpha value is -1.39. The molecule has 16 heavy (non-hydrogen) atoms. The summed E-state index contributed by atoms with van der Waals surface area (Å²) in [5.41, 5.74) is 1.15. The molecule has 0 radical (unpaired) electrons. The van der Waals surface area contributed by atoms with Gasteiger partial charge in [0.25, 0.3) is 5.91 Å². The van der Waals surface area contributed by atoms with Crippen LogP contribution in [0.25, 0.3) is 0 Å². The second kappa shape index (κ2) is 4.23. The van der Waals surface area contributed by atoms with Crippen molar-refractivity contribution in [2.24, 2.45) is 0 Å². The van der Waals surface area contributed by atoms with Crippen LogP contribution in [0.2, 0.25) is 0 Å². The molecule has 2 rings (SSSR count). The number of nitrogens with zero attached hydrogens (tertiary/aromatic N) is 1. The van der Waals surface area contributed by atoms with Gasteiger partial charge in [0, 0.05) is 11.1 Å². The van der Waals surface area contributed by atoms with Crippen molar-refractivity contribution in [1.29, 1.82) is 0 Å². The van der Waals surface area contributed by atoms with Gasteiger partial charge < -0.3 is 15.1 Å². The molecule has 0 fully saturated rings. The van der Waals surface area contributed by atoms with Crippen molar-refractivity contribution in [3.63, 3.8) is 0 Å². The summed E-state index contributed by atoms with van der Waals surface area (Å²) >= 11 is 0. The van der Waals surface area contributed by atoms with Gasteiger partial charge in [0.2, 0.25) is 0 Å². The molecule has 0 bridgehead atoms. The maximum absolute atomic E-state index is 12.0. The zero-order chi connectivity index (χ0) is 11.7. The van der Waals surface area contributed by atoms with E-state index in [4.69, 9.17) is 0 Å². The second-order valence-electron chi connectivity index (χ2n) is 3.92. The predicted molar refractivity (Wildman–Crippen MR) is 58.7 cm³/mol. The molecule has 2 unspecified atom stereocenters. The Balaban J connectivity index is 2.38. The number of rotatable bonds is 3. The van der Waals surface area contributed by atoms with Gasteiger partial charge in [0.1, 0.15) is 0 Å². The number of benzene rings is 1. The van der Waals surface area contributed by atoms with E-state index in [9.17, 15) is 15.0 Å². The number of hydrogen-bond acceptors (Lipinski definition) is 3. The summed E-state index contributed by atoms with van der Waals surface area (Å²) in [6.07, 6.45) is -0.311. The Labute approximate surface area is 94.1 Å². The minimum atomic E-state index is -0.930. The second-order valence-corrected chi connectivity index (χ2v) is 3.92. The molecule has 1 aromatic rings. The Morgan fingerprint density at radius 1 is 1.44 bits per heavy atom. The number of fused-ring (bicyclic) bond motifs is 1. The first-order chi connectivity index (χ1) is 7.70. The van der Waals surface area contributed by atoms with Crippen LogP contribution < -0.4 is 0 Å². The van der Waals surface area contributed by atoms with Crippen LogP contribution in [0.5, 0.6) is 0 Å². The Bertz CT molecular complexity index is 401. The molecule has 0 spiro atoms. The lowest BCUT2D eigenvalue weighted by Gasteiger charge is -2.28. The largest absolute Gasteiger partial charge is 0.394 e. The molecule has 2 N–H and O–H groups in total. The lowest BCUT2D eigenvalue weighted by atomic mass is 10.1. The Kier molecular flexibility index (Phi) is 2.94. The van der Waals surface area contributed by atoms with Crippen LogP contribution in [0.4, 0.5) is 0 Å². The zero-order valence-electron chi connectivity index (χ0n) is 9.13. The average molecular weight is 221 g/mol. The molecule has 4 nitrogen and oxygen atoms in total. The summed E-state index contributed by atoms with van der Waals surface area (Å²) in [5, 5.41) is 19.2. The molecule has 4 heteroatoms. The van der Waals surface area contributed by atoms with Gasteiger partial charge in [-0.1, -0.05) is 25.1 Å². The van der Waals surface area contributed by atoms with E-state index in [-0.39, 0.29) is 18.6 Å². The summed E-state index contributed by atoms with van der Waals surface area (Å²) in [6.45, 7) is 1.75. The van der Waals surface area contributed by atoms with Crippen molar-refractivity contribution in [2.45, 2.75) is 25.6 Å². The molecule has 86 valence electrons. The molecule has 2 atom stereocenters. The van der Waals surface area contributed by atoms with Crippen molar-refractivity contribution in [1.82, 2.24) is 4.90 Å². The fourth-order valence-corrected chi connectivity index (χ4v) is 2.10. The molecule has 1 aliphatic heterocycles. The molecule has 1 aromatic carbocycles. The smallest absolute Gasteiger partial charge is 0.256 e. The molecular formula is C12H15NO3. The fraction of sp³-hybridized carbons (Fsp3) is 0.417. The third-order valence-corrected chi connectivity index (χ3v) is 3.04. The van der Waals surface area contributed by atoms with E-state index in [1.807, 2.05) is 6.92 Å². The topological polar surface area (TPSA) is 60.8 Å². The average Bonchev–Trinajstić information content (AvgIpc) is 2.57. The molecule has 0 saturated heterocycles. The van der Waals surface area contributed by atoms with Crippen LogP contribution in [0.3, 0.4) is 0 Å². The summed E-state index contributed by atoms with van der Waals surface area (Å²) in [4.78, 5) is 13.4. The van der Waals surface area contributed by atoms with Crippen molar-refractivity contribution in [3.8, 4) is 0 Å². The highest BCUT2D eigenvalue weighted by Gasteiger charge is 2.38. The van der Waals surface area contributed by atoms with Crippen molar-refractivity contribution < 1.29 is 15.0 Å². The van der Waals surface area contributed by atoms with Gasteiger partial charge >= 0.3 is 0 Å². The van der Waals surface area contributed by atoms with Gasteiger partial charge in [-0.2, -0.15) is 0 Å². The van der Waals surface area contributed by atoms with E-state index in [1.165, 1.54) is 4.90 Å². The maximum Gasteiger partial charge on any atom is 0.256 e. The van der Waals surface area contributed by atoms with Crippen molar-refractivity contribution in [2.75, 3.05) is 6.61 Å². The van der Waals surface area contributed by atoms with E-state index >= 15 is 0 Å². The van der Waals surface area contributed by atoms with Crippen LogP contribution in [-0.4, -0.2) is 33.7 Å². The van der Waals surface area contributed by atoms with Crippen LogP contribution in [0.15, 0.2) is 24.3 Å². The van der Waals surface area contributed by atoms with Gasteiger partial charge in [0.15, 0.2) is 6.23 Å². The number of aliphatic hydroxyl groups is 2. The quantitative estimate of drug-likeness (QED) is 0.797. The number of carbonyl (C=O) groups excluding carboxylic acids is 1. The predicted octanol–water partition coefficient (Wildman–Crippen LogP) is 0.904. The first-order valence-electron chi connectivity index (χ1n) is 5.41. The highest BCUT2D eigenvalue weighted by Crippen LogP contribution is 2.33. The van der Waals surface area contributed by atoms with Gasteiger partial charge in [-0.3, -0.25) is 4.79 Å².